The molecule has 0 radical (unpaired) electrons. The molecule has 1 atom stereocenters. The highest BCUT2D eigenvalue weighted by Crippen LogP contribution is 2.21. The molecule has 1 unspecified atom stereocenters. The van der Waals surface area contributed by atoms with Crippen LogP contribution in [0.1, 0.15) is 11.1 Å². The zero-order valence-electron chi connectivity index (χ0n) is 6.73. The Hall–Kier alpha value is -0.410. The fourth-order valence-electron chi connectivity index (χ4n) is 1.15. The number of aryl methyl sites for hydroxylation is 2. The molecule has 0 aliphatic carbocycles. The molecule has 1 aromatic rings. The average molecular weight is 207 g/mol. The van der Waals surface area contributed by atoms with Gasteiger partial charge in [0.05, 0.1) is 4.90 Å². The summed E-state index contributed by atoms with van der Waals surface area (Å²) in [5.74, 6) is -0.323. The molecule has 0 aliphatic heterocycles. The Kier molecular flexibility index (Phi) is 2.85. The van der Waals surface area contributed by atoms with Crippen molar-refractivity contribution in [1.82, 2.24) is 0 Å². The van der Waals surface area contributed by atoms with E-state index in [0.717, 1.165) is 0 Å². The Morgan fingerprint density at radius 1 is 1.33 bits per heavy atom. The molecule has 0 saturated carbocycles. The van der Waals surface area contributed by atoms with Crippen molar-refractivity contribution in [2.45, 2.75) is 18.7 Å². The van der Waals surface area contributed by atoms with Crippen molar-refractivity contribution in [2.24, 2.45) is 0 Å². The molecule has 0 aliphatic rings. The van der Waals surface area contributed by atoms with Crippen molar-refractivity contribution in [3.63, 3.8) is 0 Å². The van der Waals surface area contributed by atoms with Gasteiger partial charge in [-0.1, -0.05) is 0 Å². The highest BCUT2D eigenvalue weighted by molar-refractivity contribution is 8.08. The second-order valence-corrected chi connectivity index (χ2v) is 4.29. The standard InChI is InChI=1S/C8H8ClFOS/c1-5-3-7(10)4-6(2)8(5)12(9)11/h3-4H,1-2H3. The summed E-state index contributed by atoms with van der Waals surface area (Å²) in [6.07, 6.45) is 0. The Labute approximate surface area is 77.5 Å². The number of rotatable bonds is 1. The largest absolute Gasteiger partial charge is 0.237 e. The minimum atomic E-state index is -1.55. The van der Waals surface area contributed by atoms with Crippen LogP contribution in [-0.4, -0.2) is 4.21 Å². The fraction of sp³-hybridized carbons (Fsp3) is 0.250. The minimum Gasteiger partial charge on any atom is -0.237 e. The molecule has 66 valence electrons. The van der Waals surface area contributed by atoms with Crippen molar-refractivity contribution in [3.05, 3.63) is 29.1 Å². The smallest absolute Gasteiger partial charge is 0.148 e. The van der Waals surface area contributed by atoms with E-state index in [1.165, 1.54) is 12.1 Å². The van der Waals surface area contributed by atoms with Gasteiger partial charge in [-0.05, 0) is 47.8 Å². The first kappa shape index (κ1) is 9.68. The maximum Gasteiger partial charge on any atom is 0.148 e. The van der Waals surface area contributed by atoms with Crippen LogP contribution in [0, 0.1) is 19.7 Å². The van der Waals surface area contributed by atoms with Gasteiger partial charge in [-0.3, -0.25) is 0 Å². The van der Waals surface area contributed by atoms with Gasteiger partial charge < -0.3 is 0 Å². The van der Waals surface area contributed by atoms with E-state index in [9.17, 15) is 8.60 Å². The van der Waals surface area contributed by atoms with Crippen molar-refractivity contribution >= 4 is 20.7 Å². The molecular weight excluding hydrogens is 199 g/mol. The normalized spacial score (nSPS) is 13.0. The zero-order chi connectivity index (χ0) is 9.30. The molecule has 0 N–H and O–H groups in total. The Morgan fingerprint density at radius 3 is 2.08 bits per heavy atom. The van der Waals surface area contributed by atoms with Gasteiger partial charge in [0.15, 0.2) is 0 Å². The minimum absolute atomic E-state index is 0.323. The van der Waals surface area contributed by atoms with Gasteiger partial charge in [-0.25, -0.2) is 8.60 Å². The summed E-state index contributed by atoms with van der Waals surface area (Å²) >= 11 is 0. The van der Waals surface area contributed by atoms with E-state index < -0.39 is 10.0 Å². The molecule has 1 rings (SSSR count). The van der Waals surface area contributed by atoms with E-state index >= 15 is 0 Å². The predicted molar refractivity (Wildman–Crippen MR) is 48.1 cm³/mol. The van der Waals surface area contributed by atoms with E-state index in [-0.39, 0.29) is 5.82 Å². The molecule has 12 heavy (non-hydrogen) atoms. The lowest BCUT2D eigenvalue weighted by molar-refractivity contribution is 0.623. The van der Waals surface area contributed by atoms with Crippen LogP contribution in [-0.2, 0) is 10.0 Å². The first-order valence-electron chi connectivity index (χ1n) is 3.37. The lowest BCUT2D eigenvalue weighted by atomic mass is 10.1. The Bertz CT molecular complexity index is 315. The van der Waals surface area contributed by atoms with E-state index in [4.69, 9.17) is 10.7 Å². The average Bonchev–Trinajstić information content (AvgIpc) is 1.82. The van der Waals surface area contributed by atoms with Crippen LogP contribution in [0.15, 0.2) is 17.0 Å². The molecule has 0 heterocycles. The molecule has 0 aromatic heterocycles. The van der Waals surface area contributed by atoms with Gasteiger partial charge in [0.25, 0.3) is 0 Å². The topological polar surface area (TPSA) is 17.1 Å². The van der Waals surface area contributed by atoms with Gasteiger partial charge in [0.2, 0.25) is 0 Å². The van der Waals surface area contributed by atoms with E-state index in [1.54, 1.807) is 13.8 Å². The van der Waals surface area contributed by atoms with Crippen LogP contribution in [0.4, 0.5) is 4.39 Å². The van der Waals surface area contributed by atoms with E-state index in [0.29, 0.717) is 16.0 Å². The van der Waals surface area contributed by atoms with Crippen molar-refractivity contribution < 1.29 is 8.60 Å². The second-order valence-electron chi connectivity index (χ2n) is 2.59. The molecule has 4 heteroatoms. The van der Waals surface area contributed by atoms with Crippen LogP contribution < -0.4 is 0 Å². The molecule has 0 amide bonds. The fourth-order valence-corrected chi connectivity index (χ4v) is 2.50. The number of hydrogen-bond acceptors (Lipinski definition) is 1. The molecule has 0 saturated heterocycles. The predicted octanol–water partition coefficient (Wildman–Crippen LogP) is 2.70. The third kappa shape index (κ3) is 1.84. The maximum absolute atomic E-state index is 12.7. The summed E-state index contributed by atoms with van der Waals surface area (Å²) in [7, 11) is 3.86. The first-order valence-corrected chi connectivity index (χ1v) is 5.34. The van der Waals surface area contributed by atoms with Crippen LogP contribution >= 0.6 is 10.7 Å². The van der Waals surface area contributed by atoms with Crippen LogP contribution in [0.3, 0.4) is 0 Å². The second kappa shape index (κ2) is 3.54. The van der Waals surface area contributed by atoms with Crippen LogP contribution in [0.2, 0.25) is 0 Å². The zero-order valence-corrected chi connectivity index (χ0v) is 8.30. The summed E-state index contributed by atoms with van der Waals surface area (Å²) in [4.78, 5) is 0.512. The molecule has 0 bridgehead atoms. The third-order valence-corrected chi connectivity index (χ3v) is 3.01. The van der Waals surface area contributed by atoms with Crippen LogP contribution in [0.25, 0.3) is 0 Å². The SMILES string of the molecule is Cc1cc(F)cc(C)c1S(=O)Cl. The van der Waals surface area contributed by atoms with Crippen molar-refractivity contribution in [3.8, 4) is 0 Å². The Balaban J connectivity index is 3.38. The molecular formula is C8H8ClFOS. The lowest BCUT2D eigenvalue weighted by Gasteiger charge is -2.04. The number of halogens is 2. The molecule has 0 fully saturated rings. The van der Waals surface area contributed by atoms with E-state index in [2.05, 4.69) is 0 Å². The van der Waals surface area contributed by atoms with Gasteiger partial charge in [0.1, 0.15) is 15.8 Å². The van der Waals surface area contributed by atoms with Crippen molar-refractivity contribution in [1.29, 1.82) is 0 Å². The lowest BCUT2D eigenvalue weighted by Crippen LogP contribution is -1.93. The number of hydrogen-bond donors (Lipinski definition) is 0. The molecule has 1 aromatic carbocycles. The molecule has 1 nitrogen and oxygen atoms in total. The summed E-state index contributed by atoms with van der Waals surface area (Å²) in [5.41, 5.74) is 1.25. The molecule has 0 spiro atoms. The van der Waals surface area contributed by atoms with Gasteiger partial charge in [-0.15, -0.1) is 0 Å². The summed E-state index contributed by atoms with van der Waals surface area (Å²) in [6, 6.07) is 2.64. The van der Waals surface area contributed by atoms with Gasteiger partial charge >= 0.3 is 0 Å². The Morgan fingerprint density at radius 2 is 1.75 bits per heavy atom. The van der Waals surface area contributed by atoms with Crippen molar-refractivity contribution in [2.75, 3.05) is 0 Å². The van der Waals surface area contributed by atoms with Gasteiger partial charge in [-0.2, -0.15) is 0 Å². The third-order valence-electron chi connectivity index (χ3n) is 1.59. The van der Waals surface area contributed by atoms with Crippen LogP contribution in [0.5, 0.6) is 0 Å². The summed E-state index contributed by atoms with van der Waals surface area (Å²) in [5, 5.41) is 0. The summed E-state index contributed by atoms with van der Waals surface area (Å²) in [6.45, 7) is 3.37. The first-order chi connectivity index (χ1) is 5.52. The van der Waals surface area contributed by atoms with Gasteiger partial charge in [0, 0.05) is 0 Å². The highest BCUT2D eigenvalue weighted by atomic mass is 35.7. The monoisotopic (exact) mass is 206 g/mol. The van der Waals surface area contributed by atoms with E-state index in [1.807, 2.05) is 0 Å². The maximum atomic E-state index is 12.7. The summed E-state index contributed by atoms with van der Waals surface area (Å²) < 4.78 is 23.7. The highest BCUT2D eigenvalue weighted by Gasteiger charge is 2.09. The quantitative estimate of drug-likeness (QED) is 0.646. The number of benzene rings is 1.